The zero-order valence-corrected chi connectivity index (χ0v) is 3.05. The van der Waals surface area contributed by atoms with Crippen molar-refractivity contribution in [3.05, 3.63) is 12.3 Å². The van der Waals surface area contributed by atoms with E-state index >= 15 is 0 Å². The first-order valence-corrected chi connectivity index (χ1v) is 1.55. The van der Waals surface area contributed by atoms with E-state index in [4.69, 9.17) is 10.6 Å². The average Bonchev–Trinajstić information content (AvgIpc) is 1.61. The van der Waals surface area contributed by atoms with Crippen molar-refractivity contribution >= 4 is 5.84 Å². The van der Waals surface area contributed by atoms with Crippen molar-refractivity contribution in [2.45, 2.75) is 0 Å². The second-order valence-corrected chi connectivity index (χ2v) is 1.05. The SMILES string of the molecule is N=C1C=CN1O. The number of rotatable bonds is 0. The van der Waals surface area contributed by atoms with E-state index in [-0.39, 0.29) is 5.84 Å². The summed E-state index contributed by atoms with van der Waals surface area (Å²) in [5.74, 6) is 0.148. The van der Waals surface area contributed by atoms with Gasteiger partial charge in [0.15, 0.2) is 5.84 Å². The van der Waals surface area contributed by atoms with Crippen molar-refractivity contribution in [2.75, 3.05) is 0 Å². The van der Waals surface area contributed by atoms with Crippen LogP contribution in [0.4, 0.5) is 0 Å². The fraction of sp³-hybridized carbons (Fsp3) is 0. The largest absolute Gasteiger partial charge is 0.283 e. The van der Waals surface area contributed by atoms with Gasteiger partial charge in [-0.25, -0.2) is 5.06 Å². The maximum atomic E-state index is 8.24. The molecule has 1 aliphatic heterocycles. The Morgan fingerprint density at radius 2 is 2.33 bits per heavy atom. The molecule has 0 radical (unpaired) electrons. The molecule has 0 aliphatic carbocycles. The van der Waals surface area contributed by atoms with E-state index < -0.39 is 0 Å². The summed E-state index contributed by atoms with van der Waals surface area (Å²) >= 11 is 0. The number of amidine groups is 1. The summed E-state index contributed by atoms with van der Waals surface area (Å²) in [6, 6.07) is 0. The van der Waals surface area contributed by atoms with Gasteiger partial charge in [-0.1, -0.05) is 0 Å². The summed E-state index contributed by atoms with van der Waals surface area (Å²) in [6.45, 7) is 0. The summed E-state index contributed by atoms with van der Waals surface area (Å²) in [4.78, 5) is 0. The highest BCUT2D eigenvalue weighted by atomic mass is 16.5. The predicted octanol–water partition coefficient (Wildman–Crippen LogP) is 0.182. The normalized spacial score (nSPS) is 18.2. The predicted molar refractivity (Wildman–Crippen MR) is 20.5 cm³/mol. The smallest absolute Gasteiger partial charge is 0.151 e. The van der Waals surface area contributed by atoms with E-state index in [1.807, 2.05) is 0 Å². The summed E-state index contributed by atoms with van der Waals surface area (Å²) in [6.07, 6.45) is 2.91. The molecule has 1 heterocycles. The monoisotopic (exact) mass is 84.0 g/mol. The lowest BCUT2D eigenvalue weighted by Gasteiger charge is -2.15. The number of nitrogens with one attached hydrogen (secondary N) is 1. The first-order chi connectivity index (χ1) is 2.80. The number of hydrogen-bond acceptors (Lipinski definition) is 2. The van der Waals surface area contributed by atoms with Crippen LogP contribution in [-0.2, 0) is 0 Å². The minimum absolute atomic E-state index is 0.148. The lowest BCUT2D eigenvalue weighted by molar-refractivity contribution is 0.0281. The Morgan fingerprint density at radius 3 is 2.33 bits per heavy atom. The van der Waals surface area contributed by atoms with Gasteiger partial charge in [-0.3, -0.25) is 10.6 Å². The van der Waals surface area contributed by atoms with Gasteiger partial charge >= 0.3 is 0 Å². The van der Waals surface area contributed by atoms with Gasteiger partial charge in [-0.2, -0.15) is 0 Å². The first kappa shape index (κ1) is 3.36. The van der Waals surface area contributed by atoms with Gasteiger partial charge in [0.05, 0.1) is 0 Å². The van der Waals surface area contributed by atoms with Crippen molar-refractivity contribution in [3.8, 4) is 0 Å². The molecule has 0 spiro atoms. The highest BCUT2D eigenvalue weighted by molar-refractivity contribution is 5.95. The van der Waals surface area contributed by atoms with Crippen molar-refractivity contribution in [2.24, 2.45) is 0 Å². The van der Waals surface area contributed by atoms with Crippen LogP contribution in [0.25, 0.3) is 0 Å². The molecule has 32 valence electrons. The Hall–Kier alpha value is -0.830. The highest BCUT2D eigenvalue weighted by Crippen LogP contribution is 1.97. The number of hydroxylamine groups is 2. The van der Waals surface area contributed by atoms with Crippen LogP contribution in [-0.4, -0.2) is 16.1 Å². The second kappa shape index (κ2) is 0.815. The third kappa shape index (κ3) is 0.224. The minimum atomic E-state index is 0.148. The molecule has 1 rings (SSSR count). The van der Waals surface area contributed by atoms with Crippen LogP contribution in [0.1, 0.15) is 0 Å². The molecular weight excluding hydrogens is 80.0 g/mol. The van der Waals surface area contributed by atoms with E-state index in [0.717, 1.165) is 5.06 Å². The molecule has 0 saturated heterocycles. The molecule has 0 amide bonds. The van der Waals surface area contributed by atoms with Crippen molar-refractivity contribution in [1.29, 1.82) is 5.41 Å². The third-order valence-corrected chi connectivity index (χ3v) is 0.620. The van der Waals surface area contributed by atoms with Gasteiger partial charge in [0.2, 0.25) is 0 Å². The summed E-state index contributed by atoms with van der Waals surface area (Å²) < 4.78 is 0. The molecule has 0 saturated carbocycles. The topological polar surface area (TPSA) is 47.3 Å². The molecule has 0 unspecified atom stereocenters. The van der Waals surface area contributed by atoms with Crippen LogP contribution < -0.4 is 0 Å². The maximum Gasteiger partial charge on any atom is 0.151 e. The van der Waals surface area contributed by atoms with Crippen LogP contribution in [0.2, 0.25) is 0 Å². The Kier molecular flexibility index (Phi) is 0.457. The highest BCUT2D eigenvalue weighted by Gasteiger charge is 2.05. The fourth-order valence-corrected chi connectivity index (χ4v) is 0.216. The van der Waals surface area contributed by atoms with Crippen molar-refractivity contribution in [1.82, 2.24) is 5.06 Å². The molecule has 0 atom stereocenters. The Labute approximate surface area is 35.0 Å². The summed E-state index contributed by atoms with van der Waals surface area (Å²) in [5.41, 5.74) is 0. The molecule has 3 nitrogen and oxygen atoms in total. The molecular formula is C3H4N2O. The van der Waals surface area contributed by atoms with E-state index in [2.05, 4.69) is 0 Å². The Balaban J connectivity index is 2.67. The third-order valence-electron chi connectivity index (χ3n) is 0.620. The minimum Gasteiger partial charge on any atom is -0.283 e. The van der Waals surface area contributed by atoms with E-state index in [9.17, 15) is 0 Å². The van der Waals surface area contributed by atoms with Crippen LogP contribution >= 0.6 is 0 Å². The van der Waals surface area contributed by atoms with E-state index in [1.165, 1.54) is 12.3 Å². The maximum absolute atomic E-state index is 8.24. The first-order valence-electron chi connectivity index (χ1n) is 1.55. The van der Waals surface area contributed by atoms with Gasteiger partial charge < -0.3 is 0 Å². The van der Waals surface area contributed by atoms with Gasteiger partial charge in [-0.15, -0.1) is 0 Å². The molecule has 0 aromatic rings. The van der Waals surface area contributed by atoms with Gasteiger partial charge in [0.1, 0.15) is 0 Å². The molecule has 0 aromatic carbocycles. The molecule has 1 aliphatic rings. The fourth-order valence-electron chi connectivity index (χ4n) is 0.216. The molecule has 2 N–H and O–H groups in total. The second-order valence-electron chi connectivity index (χ2n) is 1.05. The van der Waals surface area contributed by atoms with E-state index in [0.29, 0.717) is 0 Å². The van der Waals surface area contributed by atoms with Gasteiger partial charge in [-0.05, 0) is 0 Å². The molecule has 0 bridgehead atoms. The lowest BCUT2D eigenvalue weighted by Crippen LogP contribution is -2.26. The molecule has 0 fully saturated rings. The average molecular weight is 84.1 g/mol. The van der Waals surface area contributed by atoms with Gasteiger partial charge in [0.25, 0.3) is 0 Å². The quantitative estimate of drug-likeness (QED) is 0.440. The molecule has 3 heteroatoms. The number of nitrogens with zero attached hydrogens (tertiary/aromatic N) is 1. The lowest BCUT2D eigenvalue weighted by atomic mass is 10.4. The van der Waals surface area contributed by atoms with Crippen molar-refractivity contribution in [3.63, 3.8) is 0 Å². The molecule has 0 aromatic heterocycles. The molecule has 6 heavy (non-hydrogen) atoms. The Bertz CT molecular complexity index is 107. The standard InChI is InChI=1S/C3H4N2O/c4-3-1-2-5(3)6/h1-2,4,6H. The number of hydrogen-bond donors (Lipinski definition) is 2. The van der Waals surface area contributed by atoms with Crippen LogP contribution in [0.5, 0.6) is 0 Å². The summed E-state index contributed by atoms with van der Waals surface area (Å²) in [7, 11) is 0. The van der Waals surface area contributed by atoms with Crippen LogP contribution in [0.3, 0.4) is 0 Å². The summed E-state index contributed by atoms with van der Waals surface area (Å²) in [5, 5.41) is 15.6. The zero-order chi connectivity index (χ0) is 4.57. The van der Waals surface area contributed by atoms with Crippen molar-refractivity contribution < 1.29 is 5.21 Å². The van der Waals surface area contributed by atoms with Crippen LogP contribution in [0.15, 0.2) is 12.3 Å². The zero-order valence-electron chi connectivity index (χ0n) is 3.05. The Morgan fingerprint density at radius 1 is 1.83 bits per heavy atom. The van der Waals surface area contributed by atoms with Crippen LogP contribution in [0, 0.1) is 5.41 Å². The van der Waals surface area contributed by atoms with E-state index in [1.54, 1.807) is 0 Å². The van der Waals surface area contributed by atoms with Gasteiger partial charge in [0, 0.05) is 12.3 Å².